The molecule has 2 heterocycles. The summed E-state index contributed by atoms with van der Waals surface area (Å²) in [5.74, 6) is 7.10. The van der Waals surface area contributed by atoms with Crippen molar-refractivity contribution < 1.29 is 60.5 Å². The van der Waals surface area contributed by atoms with Gasteiger partial charge in [-0.2, -0.15) is 13.2 Å². The number of aromatic nitrogens is 1. The Labute approximate surface area is 499 Å². The first-order chi connectivity index (χ1) is 38.1. The number of ether oxygens (including phenoxy) is 10. The minimum Gasteiger partial charge on any atom is -0.489 e. The molecule has 82 heavy (non-hydrogen) atoms. The van der Waals surface area contributed by atoms with Crippen LogP contribution in [0.5, 0.6) is 5.75 Å². The molecule has 1 aliphatic heterocycles. The van der Waals surface area contributed by atoms with Crippen molar-refractivity contribution in [3.05, 3.63) is 24.0 Å². The van der Waals surface area contributed by atoms with Crippen LogP contribution in [0.3, 0.4) is 0 Å². The van der Waals surface area contributed by atoms with E-state index in [0.29, 0.717) is 31.5 Å². The fourth-order valence-electron chi connectivity index (χ4n) is 9.22. The summed E-state index contributed by atoms with van der Waals surface area (Å²) in [6.45, 7) is 45.0. The van der Waals surface area contributed by atoms with Crippen molar-refractivity contribution in [2.24, 2.45) is 5.92 Å². The van der Waals surface area contributed by atoms with Gasteiger partial charge in [-0.05, 0) is 258 Å². The molecule has 2 aliphatic carbocycles. The lowest BCUT2D eigenvalue weighted by molar-refractivity contribution is -0.228. The topological polar surface area (TPSA) is 108 Å². The Bertz CT molecular complexity index is 1810. The number of hydrogen-bond donors (Lipinski definition) is 0. The summed E-state index contributed by atoms with van der Waals surface area (Å²) in [6.07, 6.45) is 14.2. The molecule has 3 fully saturated rings. The minimum absolute atomic E-state index is 0.0131. The smallest absolute Gasteiger partial charge is 0.414 e. The number of halogens is 3. The highest BCUT2D eigenvalue weighted by Crippen LogP contribution is 2.34. The summed E-state index contributed by atoms with van der Waals surface area (Å²) in [6, 6.07) is 3.85. The van der Waals surface area contributed by atoms with E-state index in [2.05, 4.69) is 126 Å². The fourth-order valence-corrected chi connectivity index (χ4v) is 9.22. The maximum atomic E-state index is 13.4. The highest BCUT2D eigenvalue weighted by Gasteiger charge is 2.43. The Morgan fingerprint density at radius 3 is 1.40 bits per heavy atom. The van der Waals surface area contributed by atoms with E-state index in [4.69, 9.17) is 47.4 Å². The van der Waals surface area contributed by atoms with E-state index in [9.17, 15) is 13.2 Å². The van der Waals surface area contributed by atoms with Crippen molar-refractivity contribution in [3.8, 4) is 17.6 Å². The van der Waals surface area contributed by atoms with Gasteiger partial charge >= 0.3 is 6.18 Å². The van der Waals surface area contributed by atoms with Gasteiger partial charge in [-0.3, -0.25) is 4.90 Å². The molecule has 1 saturated heterocycles. The summed E-state index contributed by atoms with van der Waals surface area (Å²) in [5, 5.41) is 0. The molecule has 0 spiro atoms. The molecule has 2 saturated carbocycles. The van der Waals surface area contributed by atoms with Crippen molar-refractivity contribution in [1.82, 2.24) is 9.88 Å². The molecule has 1 aromatic rings. The lowest BCUT2D eigenvalue weighted by Crippen LogP contribution is -2.47. The van der Waals surface area contributed by atoms with Crippen molar-refractivity contribution >= 4 is 0 Å². The average molecular weight is 1170 g/mol. The SMILES string of the molecule is CC(C)(C)OCCCC#Cc1ccc(OC2CC(OC(C)(C)C)C2)cn1.CC(C)(C)OCCCCCOCCCCCOC1CC(OC(C)(C)C)C1.CC(C)(C)OCCCCCOCCOC(CC1CCN(C(C)(C)C)CC1)C(F)(F)F. The van der Waals surface area contributed by atoms with E-state index in [0.717, 1.165) is 154 Å². The summed E-state index contributed by atoms with van der Waals surface area (Å²) < 4.78 is 97.2. The zero-order chi connectivity index (χ0) is 61.5. The largest absolute Gasteiger partial charge is 0.489 e. The van der Waals surface area contributed by atoms with Crippen LogP contribution in [0.4, 0.5) is 13.2 Å². The monoisotopic (exact) mass is 1170 g/mol. The number of rotatable bonds is 32. The molecule has 0 amide bonds. The Hall–Kier alpha value is -2.10. The van der Waals surface area contributed by atoms with Gasteiger partial charge in [-0.15, -0.1) is 0 Å². The van der Waals surface area contributed by atoms with Crippen LogP contribution in [0.25, 0.3) is 0 Å². The molecule has 12 nitrogen and oxygen atoms in total. The van der Waals surface area contributed by atoms with Crippen LogP contribution < -0.4 is 4.74 Å². The summed E-state index contributed by atoms with van der Waals surface area (Å²) in [4.78, 5) is 6.71. The zero-order valence-corrected chi connectivity index (χ0v) is 55.3. The number of piperidine rings is 1. The number of hydrogen-bond acceptors (Lipinski definition) is 12. The molecular formula is C67H121F3N2O10. The van der Waals surface area contributed by atoms with E-state index in [-0.39, 0.29) is 65.2 Å². The third kappa shape index (κ3) is 41.9. The zero-order valence-electron chi connectivity index (χ0n) is 55.3. The van der Waals surface area contributed by atoms with Crippen LogP contribution in [0.15, 0.2) is 18.3 Å². The van der Waals surface area contributed by atoms with Crippen molar-refractivity contribution in [3.63, 3.8) is 0 Å². The summed E-state index contributed by atoms with van der Waals surface area (Å²) in [7, 11) is 0. The molecule has 1 unspecified atom stereocenters. The second-order valence-corrected chi connectivity index (χ2v) is 28.7. The summed E-state index contributed by atoms with van der Waals surface area (Å²) in [5.41, 5.74) is 0.516. The molecule has 1 atom stereocenters. The summed E-state index contributed by atoms with van der Waals surface area (Å²) >= 11 is 0. The Balaban J connectivity index is 0.000000421. The maximum absolute atomic E-state index is 13.4. The molecule has 4 rings (SSSR count). The van der Waals surface area contributed by atoms with Crippen LogP contribution in [0.1, 0.15) is 246 Å². The lowest BCUT2D eigenvalue weighted by Gasteiger charge is -2.41. The third-order valence-electron chi connectivity index (χ3n) is 13.6. The first-order valence-corrected chi connectivity index (χ1v) is 31.6. The Morgan fingerprint density at radius 1 is 0.512 bits per heavy atom. The molecule has 480 valence electrons. The van der Waals surface area contributed by atoms with Gasteiger partial charge in [0.05, 0.1) is 65.7 Å². The van der Waals surface area contributed by atoms with Crippen LogP contribution in [-0.2, 0) is 42.6 Å². The van der Waals surface area contributed by atoms with Crippen molar-refractivity contribution in [1.29, 1.82) is 0 Å². The van der Waals surface area contributed by atoms with E-state index < -0.39 is 12.3 Å². The Kier molecular flexibility index (Phi) is 35.4. The van der Waals surface area contributed by atoms with Gasteiger partial charge in [0.25, 0.3) is 0 Å². The van der Waals surface area contributed by atoms with Gasteiger partial charge in [-0.25, -0.2) is 4.98 Å². The predicted octanol–water partition coefficient (Wildman–Crippen LogP) is 16.1. The van der Waals surface area contributed by atoms with E-state index in [1.54, 1.807) is 6.20 Å². The van der Waals surface area contributed by atoms with Crippen LogP contribution in [-0.4, -0.2) is 153 Å². The number of pyridine rings is 1. The van der Waals surface area contributed by atoms with E-state index in [1.807, 2.05) is 32.9 Å². The Morgan fingerprint density at radius 2 is 0.963 bits per heavy atom. The predicted molar refractivity (Wildman–Crippen MR) is 327 cm³/mol. The number of likely N-dealkylation sites (tertiary alicyclic amines) is 1. The van der Waals surface area contributed by atoms with Gasteiger partial charge in [0, 0.05) is 71.0 Å². The molecule has 15 heteroatoms. The van der Waals surface area contributed by atoms with E-state index >= 15 is 0 Å². The minimum atomic E-state index is -4.33. The molecule has 1 aromatic heterocycles. The molecule has 0 N–H and O–H groups in total. The average Bonchev–Trinajstić information content (AvgIpc) is 3.43. The second kappa shape index (κ2) is 38.2. The lowest BCUT2D eigenvalue weighted by atomic mass is 9.88. The van der Waals surface area contributed by atoms with Crippen molar-refractivity contribution in [2.45, 2.75) is 310 Å². The first kappa shape index (κ1) is 76.0. The van der Waals surface area contributed by atoms with Crippen molar-refractivity contribution in [2.75, 3.05) is 72.6 Å². The third-order valence-corrected chi connectivity index (χ3v) is 13.6. The molecule has 0 radical (unpaired) electrons. The molecule has 0 aromatic carbocycles. The quantitative estimate of drug-likeness (QED) is 0.0506. The van der Waals surface area contributed by atoms with Gasteiger partial charge in [0.2, 0.25) is 0 Å². The highest BCUT2D eigenvalue weighted by molar-refractivity contribution is 5.31. The van der Waals surface area contributed by atoms with Gasteiger partial charge in [0.15, 0.2) is 6.10 Å². The van der Waals surface area contributed by atoms with Gasteiger partial charge in [-0.1, -0.05) is 5.92 Å². The van der Waals surface area contributed by atoms with E-state index in [1.165, 1.54) is 12.8 Å². The molecular weight excluding hydrogens is 1050 g/mol. The first-order valence-electron chi connectivity index (χ1n) is 31.6. The standard InChI is InChI=1S/C23H44F3NO3.C22H33NO3.C22H44O4/c1-21(2,3)27-12-10-19(11-13-27)18-20(23(24,25)26)29-17-16-28-14-8-7-9-15-30-22(4,5)6;1-21(2,3)24-13-9-7-8-10-17-11-12-18(16-23-17)25-19-14-20(15-19)26-22(4,5)6;1-21(2,3)25-16-12-8-10-14-23-13-9-7-11-15-24-19-17-20(18-19)26-22(4,5)6/h19-20H,7-18H2,1-6H3;11-12,16,19-20H,7,9,13-15H2,1-6H3;19-20H,7-18H2,1-6H3. The van der Waals surface area contributed by atoms with Gasteiger partial charge in [0.1, 0.15) is 17.5 Å². The highest BCUT2D eigenvalue weighted by atomic mass is 19.4. The van der Waals surface area contributed by atoms with Gasteiger partial charge < -0.3 is 47.4 Å². The normalized spacial score (nSPS) is 19.9. The number of nitrogens with zero attached hydrogens (tertiary/aromatic N) is 2. The molecule has 3 aliphatic rings. The number of alkyl halides is 3. The van der Waals surface area contributed by atoms with Crippen LogP contribution in [0, 0.1) is 17.8 Å². The molecule has 0 bridgehead atoms. The number of unbranched alkanes of at least 4 members (excludes halogenated alkanes) is 7. The van der Waals surface area contributed by atoms with Crippen LogP contribution >= 0.6 is 0 Å². The van der Waals surface area contributed by atoms with Crippen LogP contribution in [0.2, 0.25) is 0 Å². The fraction of sp³-hybridized carbons (Fsp3) is 0.896. The maximum Gasteiger partial charge on any atom is 0.414 e. The second-order valence-electron chi connectivity index (χ2n) is 28.7.